The molecule has 0 fully saturated rings. The first-order valence-corrected chi connectivity index (χ1v) is 10.9. The van der Waals surface area contributed by atoms with E-state index in [9.17, 15) is 4.79 Å². The van der Waals surface area contributed by atoms with E-state index in [-0.39, 0.29) is 5.97 Å². The van der Waals surface area contributed by atoms with Gasteiger partial charge in [0.2, 0.25) is 0 Å². The molecule has 0 aromatic heterocycles. The summed E-state index contributed by atoms with van der Waals surface area (Å²) >= 11 is 0. The first kappa shape index (κ1) is 21.7. The molecule has 30 heavy (non-hydrogen) atoms. The van der Waals surface area contributed by atoms with Gasteiger partial charge in [0.25, 0.3) is 0 Å². The van der Waals surface area contributed by atoms with Crippen molar-refractivity contribution in [2.75, 3.05) is 18.5 Å². The molecule has 0 bridgehead atoms. The molecule has 0 aliphatic heterocycles. The third-order valence-corrected chi connectivity index (χ3v) is 5.05. The van der Waals surface area contributed by atoms with Crippen LogP contribution in [0.4, 0.5) is 5.69 Å². The maximum Gasteiger partial charge on any atom is 0.341 e. The number of unbranched alkanes of at least 4 members (excludes halogenated alkanes) is 2. The Hall–Kier alpha value is -3.01. The number of esters is 1. The molecule has 0 aliphatic carbocycles. The van der Waals surface area contributed by atoms with Crippen molar-refractivity contribution in [3.8, 4) is 5.75 Å². The van der Waals surface area contributed by atoms with Gasteiger partial charge in [0.15, 0.2) is 0 Å². The number of carbonyl (C=O) groups is 1. The summed E-state index contributed by atoms with van der Waals surface area (Å²) in [5, 5.41) is 5.94. The molecule has 0 amide bonds. The standard InChI is InChI=1S/C26H31NO3/c1-3-5-16-29-25-18-22(14-15-24(25)26(28)30-17-6-4-2)27-19-21-12-9-11-20-10-7-8-13-23(20)21/h7-15,18,27H,3-6,16-17,19H2,1-2H3. The number of ether oxygens (including phenoxy) is 2. The Morgan fingerprint density at radius 3 is 2.50 bits per heavy atom. The zero-order valence-electron chi connectivity index (χ0n) is 17.9. The highest BCUT2D eigenvalue weighted by molar-refractivity contribution is 5.93. The maximum atomic E-state index is 12.5. The smallest absolute Gasteiger partial charge is 0.341 e. The van der Waals surface area contributed by atoms with E-state index in [0.717, 1.165) is 31.4 Å². The van der Waals surface area contributed by atoms with E-state index in [2.05, 4.69) is 61.6 Å². The number of rotatable bonds is 11. The first-order chi connectivity index (χ1) is 14.7. The average Bonchev–Trinajstić information content (AvgIpc) is 2.78. The van der Waals surface area contributed by atoms with Gasteiger partial charge in [-0.3, -0.25) is 0 Å². The van der Waals surface area contributed by atoms with E-state index in [1.807, 2.05) is 12.1 Å². The minimum Gasteiger partial charge on any atom is -0.493 e. The molecule has 3 rings (SSSR count). The predicted molar refractivity (Wildman–Crippen MR) is 123 cm³/mol. The summed E-state index contributed by atoms with van der Waals surface area (Å²) in [6.07, 6.45) is 3.83. The lowest BCUT2D eigenvalue weighted by molar-refractivity contribution is 0.0495. The lowest BCUT2D eigenvalue weighted by Gasteiger charge is -2.14. The van der Waals surface area contributed by atoms with Crippen molar-refractivity contribution in [2.45, 2.75) is 46.1 Å². The topological polar surface area (TPSA) is 47.6 Å². The highest BCUT2D eigenvalue weighted by atomic mass is 16.5. The number of hydrogen-bond acceptors (Lipinski definition) is 4. The Kier molecular flexibility index (Phi) is 8.13. The summed E-state index contributed by atoms with van der Waals surface area (Å²) in [4.78, 5) is 12.5. The lowest BCUT2D eigenvalue weighted by atomic mass is 10.0. The van der Waals surface area contributed by atoms with E-state index in [4.69, 9.17) is 9.47 Å². The van der Waals surface area contributed by atoms with Gasteiger partial charge in [0.1, 0.15) is 11.3 Å². The Morgan fingerprint density at radius 2 is 1.67 bits per heavy atom. The zero-order valence-corrected chi connectivity index (χ0v) is 17.9. The summed E-state index contributed by atoms with van der Waals surface area (Å²) in [7, 11) is 0. The molecular formula is C26H31NO3. The van der Waals surface area contributed by atoms with Gasteiger partial charge >= 0.3 is 5.97 Å². The van der Waals surface area contributed by atoms with Gasteiger partial charge in [-0.15, -0.1) is 0 Å². The minimum absolute atomic E-state index is 0.324. The minimum atomic E-state index is -0.324. The van der Waals surface area contributed by atoms with E-state index < -0.39 is 0 Å². The van der Waals surface area contributed by atoms with Crippen molar-refractivity contribution < 1.29 is 14.3 Å². The van der Waals surface area contributed by atoms with Crippen LogP contribution in [0.3, 0.4) is 0 Å². The van der Waals surface area contributed by atoms with E-state index in [0.29, 0.717) is 31.1 Å². The third-order valence-electron chi connectivity index (χ3n) is 5.05. The number of benzene rings is 3. The van der Waals surface area contributed by atoms with Crippen LogP contribution in [0, 0.1) is 0 Å². The molecule has 4 nitrogen and oxygen atoms in total. The summed E-state index contributed by atoms with van der Waals surface area (Å²) in [5.41, 5.74) is 2.63. The number of fused-ring (bicyclic) bond motifs is 1. The molecule has 0 aliphatic rings. The molecule has 0 saturated heterocycles. The van der Waals surface area contributed by atoms with Crippen molar-refractivity contribution >= 4 is 22.4 Å². The van der Waals surface area contributed by atoms with Crippen molar-refractivity contribution in [1.29, 1.82) is 0 Å². The van der Waals surface area contributed by atoms with Gasteiger partial charge in [-0.05, 0) is 41.3 Å². The molecule has 0 unspecified atom stereocenters. The van der Waals surface area contributed by atoms with Gasteiger partial charge in [-0.2, -0.15) is 0 Å². The Morgan fingerprint density at radius 1 is 0.900 bits per heavy atom. The first-order valence-electron chi connectivity index (χ1n) is 10.9. The Balaban J connectivity index is 1.75. The number of anilines is 1. The van der Waals surface area contributed by atoms with Gasteiger partial charge in [0.05, 0.1) is 13.2 Å². The second kappa shape index (κ2) is 11.2. The van der Waals surface area contributed by atoms with Crippen LogP contribution in [-0.4, -0.2) is 19.2 Å². The summed E-state index contributed by atoms with van der Waals surface area (Å²) in [6.45, 7) is 5.90. The molecule has 0 atom stereocenters. The van der Waals surface area contributed by atoms with Crippen LogP contribution in [0.2, 0.25) is 0 Å². The number of hydrogen-bond donors (Lipinski definition) is 1. The van der Waals surface area contributed by atoms with Gasteiger partial charge in [-0.1, -0.05) is 69.2 Å². The van der Waals surface area contributed by atoms with Gasteiger partial charge in [-0.25, -0.2) is 4.79 Å². The normalized spacial score (nSPS) is 10.7. The average molecular weight is 406 g/mol. The third kappa shape index (κ3) is 5.76. The van der Waals surface area contributed by atoms with E-state index >= 15 is 0 Å². The summed E-state index contributed by atoms with van der Waals surface area (Å²) < 4.78 is 11.3. The molecule has 1 N–H and O–H groups in total. The SMILES string of the molecule is CCCCOC(=O)c1ccc(NCc2cccc3ccccc23)cc1OCCCC. The second-order valence-electron chi connectivity index (χ2n) is 7.39. The van der Waals surface area contributed by atoms with Crippen molar-refractivity contribution in [3.05, 3.63) is 71.8 Å². The zero-order chi connectivity index (χ0) is 21.2. The predicted octanol–water partition coefficient (Wildman–Crippen LogP) is 6.59. The van der Waals surface area contributed by atoms with Crippen LogP contribution in [0.5, 0.6) is 5.75 Å². The molecule has 3 aromatic rings. The quantitative estimate of drug-likeness (QED) is 0.289. The van der Waals surface area contributed by atoms with Crippen LogP contribution in [0.25, 0.3) is 10.8 Å². The molecular weight excluding hydrogens is 374 g/mol. The monoisotopic (exact) mass is 405 g/mol. The van der Waals surface area contributed by atoms with Crippen LogP contribution in [-0.2, 0) is 11.3 Å². The summed E-state index contributed by atoms with van der Waals surface area (Å²) in [5.74, 6) is 0.253. The van der Waals surface area contributed by atoms with Crippen molar-refractivity contribution in [2.24, 2.45) is 0 Å². The molecule has 0 saturated carbocycles. The molecule has 4 heteroatoms. The summed E-state index contributed by atoms with van der Waals surface area (Å²) in [6, 6.07) is 20.3. The maximum absolute atomic E-state index is 12.5. The van der Waals surface area contributed by atoms with Crippen molar-refractivity contribution in [3.63, 3.8) is 0 Å². The van der Waals surface area contributed by atoms with Crippen LogP contribution in [0.1, 0.15) is 55.5 Å². The van der Waals surface area contributed by atoms with Crippen molar-refractivity contribution in [1.82, 2.24) is 0 Å². The highest BCUT2D eigenvalue weighted by Gasteiger charge is 2.15. The van der Waals surface area contributed by atoms with Gasteiger partial charge in [0, 0.05) is 18.3 Å². The highest BCUT2D eigenvalue weighted by Crippen LogP contribution is 2.26. The van der Waals surface area contributed by atoms with Crippen LogP contribution < -0.4 is 10.1 Å². The van der Waals surface area contributed by atoms with Crippen LogP contribution >= 0.6 is 0 Å². The van der Waals surface area contributed by atoms with Crippen LogP contribution in [0.15, 0.2) is 60.7 Å². The molecule has 3 aromatic carbocycles. The molecule has 158 valence electrons. The van der Waals surface area contributed by atoms with E-state index in [1.54, 1.807) is 6.07 Å². The molecule has 0 spiro atoms. The fourth-order valence-corrected chi connectivity index (χ4v) is 3.28. The molecule has 0 radical (unpaired) electrons. The van der Waals surface area contributed by atoms with Gasteiger partial charge < -0.3 is 14.8 Å². The second-order valence-corrected chi connectivity index (χ2v) is 7.39. The largest absolute Gasteiger partial charge is 0.493 e. The Bertz CT molecular complexity index is 962. The fourth-order valence-electron chi connectivity index (χ4n) is 3.28. The number of carbonyl (C=O) groups excluding carboxylic acids is 1. The van der Waals surface area contributed by atoms with E-state index in [1.165, 1.54) is 16.3 Å². The molecule has 0 heterocycles. The lowest BCUT2D eigenvalue weighted by Crippen LogP contribution is -2.10. The fraction of sp³-hybridized carbons (Fsp3) is 0.346. The Labute approximate surface area is 179 Å². The number of nitrogens with one attached hydrogen (secondary N) is 1.